The van der Waals surface area contributed by atoms with Crippen molar-refractivity contribution in [1.29, 1.82) is 0 Å². The van der Waals surface area contributed by atoms with E-state index < -0.39 is 0 Å². The van der Waals surface area contributed by atoms with Crippen LogP contribution in [0.1, 0.15) is 23.7 Å². The van der Waals surface area contributed by atoms with E-state index in [-0.39, 0.29) is 0 Å². The zero-order valence-corrected chi connectivity index (χ0v) is 11.4. The van der Waals surface area contributed by atoms with Crippen LogP contribution in [0.4, 0.5) is 5.69 Å². The van der Waals surface area contributed by atoms with Crippen LogP contribution in [0.25, 0.3) is 10.9 Å². The highest BCUT2D eigenvalue weighted by atomic mass is 35.5. The van der Waals surface area contributed by atoms with E-state index in [1.807, 2.05) is 20.0 Å². The minimum atomic E-state index is 0.728. The number of rotatable bonds is 2. The smallest absolute Gasteiger partial charge is 0.0912 e. The Labute approximate surface area is 107 Å². The Morgan fingerprint density at radius 1 is 1.29 bits per heavy atom. The predicted octanol–water partition coefficient (Wildman–Crippen LogP) is 4.11. The van der Waals surface area contributed by atoms with Crippen molar-refractivity contribution in [2.75, 3.05) is 12.4 Å². The van der Waals surface area contributed by atoms with Crippen LogP contribution < -0.4 is 5.32 Å². The van der Waals surface area contributed by atoms with E-state index in [9.17, 15) is 0 Å². The summed E-state index contributed by atoms with van der Waals surface area (Å²) < 4.78 is 0. The highest BCUT2D eigenvalue weighted by Gasteiger charge is 2.12. The molecule has 1 heterocycles. The van der Waals surface area contributed by atoms with Crippen molar-refractivity contribution >= 4 is 28.2 Å². The van der Waals surface area contributed by atoms with Crippen molar-refractivity contribution in [3.05, 3.63) is 34.0 Å². The number of anilines is 1. The first kappa shape index (κ1) is 12.2. The zero-order valence-electron chi connectivity index (χ0n) is 10.7. The van der Waals surface area contributed by atoms with Crippen molar-refractivity contribution in [3.63, 3.8) is 0 Å². The average Bonchev–Trinajstić information content (AvgIpc) is 2.28. The van der Waals surface area contributed by atoms with Gasteiger partial charge in [-0.2, -0.15) is 0 Å². The van der Waals surface area contributed by atoms with Gasteiger partial charge in [-0.25, -0.2) is 0 Å². The summed E-state index contributed by atoms with van der Waals surface area (Å²) in [6, 6.07) is 4.09. The fraction of sp³-hybridized carbons (Fsp3) is 0.357. The van der Waals surface area contributed by atoms with Crippen LogP contribution in [-0.2, 0) is 6.42 Å². The molecule has 0 aliphatic carbocycles. The maximum Gasteiger partial charge on any atom is 0.0912 e. The molecular formula is C14H17ClN2. The molecule has 17 heavy (non-hydrogen) atoms. The summed E-state index contributed by atoms with van der Waals surface area (Å²) >= 11 is 6.28. The number of aryl methyl sites for hydroxylation is 2. The molecule has 0 saturated heterocycles. The summed E-state index contributed by atoms with van der Waals surface area (Å²) in [4.78, 5) is 4.67. The minimum Gasteiger partial charge on any atom is -0.387 e. The fourth-order valence-electron chi connectivity index (χ4n) is 2.27. The van der Waals surface area contributed by atoms with E-state index in [2.05, 4.69) is 30.2 Å². The van der Waals surface area contributed by atoms with E-state index in [0.717, 1.165) is 39.3 Å². The molecule has 0 fully saturated rings. The maximum absolute atomic E-state index is 6.28. The minimum absolute atomic E-state index is 0.728. The Bertz CT molecular complexity index is 576. The predicted molar refractivity (Wildman–Crippen MR) is 75.2 cm³/mol. The van der Waals surface area contributed by atoms with Gasteiger partial charge >= 0.3 is 0 Å². The van der Waals surface area contributed by atoms with Crippen LogP contribution in [0.2, 0.25) is 5.02 Å². The summed E-state index contributed by atoms with van der Waals surface area (Å²) in [7, 11) is 1.94. The lowest BCUT2D eigenvalue weighted by Crippen LogP contribution is -2.01. The number of nitrogens with one attached hydrogen (secondary N) is 1. The van der Waals surface area contributed by atoms with E-state index in [4.69, 9.17) is 11.6 Å². The van der Waals surface area contributed by atoms with E-state index >= 15 is 0 Å². The van der Waals surface area contributed by atoms with Gasteiger partial charge in [-0.1, -0.05) is 18.5 Å². The summed E-state index contributed by atoms with van der Waals surface area (Å²) in [6.45, 7) is 6.27. The molecule has 0 amide bonds. The van der Waals surface area contributed by atoms with Crippen LogP contribution in [-0.4, -0.2) is 12.0 Å². The molecule has 2 aromatic rings. The third-order valence-electron chi connectivity index (χ3n) is 3.12. The lowest BCUT2D eigenvalue weighted by molar-refractivity contribution is 1.03. The molecule has 0 spiro atoms. The first-order chi connectivity index (χ1) is 8.08. The number of hydrogen-bond donors (Lipinski definition) is 1. The Hall–Kier alpha value is -1.28. The van der Waals surface area contributed by atoms with Crippen molar-refractivity contribution in [1.82, 2.24) is 4.98 Å². The number of nitrogens with zero attached hydrogens (tertiary/aromatic N) is 1. The number of halogens is 1. The average molecular weight is 249 g/mol. The third-order valence-corrected chi connectivity index (χ3v) is 3.40. The second-order valence-corrected chi connectivity index (χ2v) is 4.71. The highest BCUT2D eigenvalue weighted by molar-refractivity contribution is 6.35. The topological polar surface area (TPSA) is 24.9 Å². The molecule has 0 unspecified atom stereocenters. The Balaban J connectivity index is 2.92. The molecule has 0 bridgehead atoms. The number of hydrogen-bond acceptors (Lipinski definition) is 2. The molecule has 90 valence electrons. The summed E-state index contributed by atoms with van der Waals surface area (Å²) in [5.74, 6) is 0. The quantitative estimate of drug-likeness (QED) is 0.865. The molecular weight excluding hydrogens is 232 g/mol. The van der Waals surface area contributed by atoms with E-state index in [1.165, 1.54) is 5.56 Å². The highest BCUT2D eigenvalue weighted by Crippen LogP contribution is 2.32. The first-order valence-corrected chi connectivity index (χ1v) is 6.23. The van der Waals surface area contributed by atoms with Crippen molar-refractivity contribution in [2.24, 2.45) is 0 Å². The number of aromatic nitrogens is 1. The second-order valence-electron chi connectivity index (χ2n) is 4.30. The van der Waals surface area contributed by atoms with Gasteiger partial charge in [0.05, 0.1) is 10.5 Å². The van der Waals surface area contributed by atoms with Crippen LogP contribution in [0, 0.1) is 13.8 Å². The molecule has 1 aromatic heterocycles. The number of fused-ring (bicyclic) bond motifs is 1. The monoisotopic (exact) mass is 248 g/mol. The lowest BCUT2D eigenvalue weighted by atomic mass is 10.0. The maximum atomic E-state index is 6.28. The normalized spacial score (nSPS) is 10.9. The standard InChI is InChI=1S/C14H17ClN2/c1-5-12-9(3)13(16-4)10-6-8(2)7-11(15)14(10)17-12/h6-7H,5H2,1-4H3,(H,16,17). The van der Waals surface area contributed by atoms with Gasteiger partial charge in [0.1, 0.15) is 0 Å². The van der Waals surface area contributed by atoms with Crippen molar-refractivity contribution in [3.8, 4) is 0 Å². The van der Waals surface area contributed by atoms with Crippen LogP contribution in [0.5, 0.6) is 0 Å². The summed E-state index contributed by atoms with van der Waals surface area (Å²) in [6.07, 6.45) is 0.917. The Morgan fingerprint density at radius 3 is 2.59 bits per heavy atom. The third kappa shape index (κ3) is 1.98. The van der Waals surface area contributed by atoms with Gasteiger partial charge in [0.15, 0.2) is 0 Å². The Morgan fingerprint density at radius 2 is 2.00 bits per heavy atom. The van der Waals surface area contributed by atoms with E-state index in [1.54, 1.807) is 0 Å². The molecule has 1 N–H and O–H groups in total. The molecule has 0 atom stereocenters. The van der Waals surface area contributed by atoms with Gasteiger partial charge in [0, 0.05) is 23.8 Å². The van der Waals surface area contributed by atoms with Gasteiger partial charge in [-0.05, 0) is 43.5 Å². The van der Waals surface area contributed by atoms with E-state index in [0.29, 0.717) is 0 Å². The summed E-state index contributed by atoms with van der Waals surface area (Å²) in [5.41, 5.74) is 5.50. The molecule has 3 heteroatoms. The fourth-order valence-corrected chi connectivity index (χ4v) is 2.59. The number of pyridine rings is 1. The molecule has 0 radical (unpaired) electrons. The summed E-state index contributed by atoms with van der Waals surface area (Å²) in [5, 5.41) is 5.10. The SMILES string of the molecule is CCc1nc2c(Cl)cc(C)cc2c(NC)c1C. The van der Waals surface area contributed by atoms with Crippen LogP contribution in [0.3, 0.4) is 0 Å². The van der Waals surface area contributed by atoms with Gasteiger partial charge in [0.2, 0.25) is 0 Å². The molecule has 0 saturated carbocycles. The molecule has 1 aromatic carbocycles. The van der Waals surface area contributed by atoms with Crippen molar-refractivity contribution < 1.29 is 0 Å². The van der Waals surface area contributed by atoms with Gasteiger partial charge in [-0.3, -0.25) is 4.98 Å². The van der Waals surface area contributed by atoms with Crippen molar-refractivity contribution in [2.45, 2.75) is 27.2 Å². The second kappa shape index (κ2) is 4.53. The Kier molecular flexibility index (Phi) is 3.25. The molecule has 0 aliphatic rings. The van der Waals surface area contributed by atoms with Crippen LogP contribution >= 0.6 is 11.6 Å². The van der Waals surface area contributed by atoms with Crippen LogP contribution in [0.15, 0.2) is 12.1 Å². The molecule has 2 rings (SSSR count). The zero-order chi connectivity index (χ0) is 12.6. The largest absolute Gasteiger partial charge is 0.387 e. The molecule has 0 aliphatic heterocycles. The van der Waals surface area contributed by atoms with Gasteiger partial charge < -0.3 is 5.32 Å². The van der Waals surface area contributed by atoms with Gasteiger partial charge in [0.25, 0.3) is 0 Å². The number of benzene rings is 1. The van der Waals surface area contributed by atoms with Gasteiger partial charge in [-0.15, -0.1) is 0 Å². The molecule has 2 nitrogen and oxygen atoms in total. The first-order valence-electron chi connectivity index (χ1n) is 5.85. The lowest BCUT2D eigenvalue weighted by Gasteiger charge is -2.14.